The Kier molecular flexibility index (Phi) is 5.27. The largest absolute Gasteiger partial charge is 0.350 e. The van der Waals surface area contributed by atoms with Crippen molar-refractivity contribution in [3.63, 3.8) is 0 Å². The summed E-state index contributed by atoms with van der Waals surface area (Å²) >= 11 is 1.76. The van der Waals surface area contributed by atoms with E-state index in [1.165, 1.54) is 35.4 Å². The monoisotopic (exact) mass is 317 g/mol. The van der Waals surface area contributed by atoms with Crippen LogP contribution < -0.4 is 5.32 Å². The zero-order valence-electron chi connectivity index (χ0n) is 12.9. The van der Waals surface area contributed by atoms with Crippen molar-refractivity contribution in [1.82, 2.24) is 15.5 Å². The minimum absolute atomic E-state index is 0.127. The fourth-order valence-corrected chi connectivity index (χ4v) is 3.77. The van der Waals surface area contributed by atoms with Crippen molar-refractivity contribution in [2.45, 2.75) is 57.9 Å². The van der Waals surface area contributed by atoms with E-state index in [-0.39, 0.29) is 5.91 Å². The van der Waals surface area contributed by atoms with Crippen LogP contribution in [0.15, 0.2) is 17.5 Å². The van der Waals surface area contributed by atoms with Crippen LogP contribution in [0.4, 0.5) is 0 Å². The van der Waals surface area contributed by atoms with Gasteiger partial charge in [0.05, 0.1) is 12.2 Å². The molecule has 22 heavy (non-hydrogen) atoms. The first-order valence-corrected chi connectivity index (χ1v) is 9.05. The molecule has 1 aliphatic rings. The number of fused-ring (bicyclic) bond motifs is 1. The third-order valence-corrected chi connectivity index (χ3v) is 5.19. The minimum atomic E-state index is 0.127. The Hall–Kier alpha value is -1.62. The first kappa shape index (κ1) is 15.3. The Morgan fingerprint density at radius 1 is 1.32 bits per heavy atom. The highest BCUT2D eigenvalue weighted by atomic mass is 32.1. The molecule has 2 aromatic heterocycles. The van der Waals surface area contributed by atoms with Gasteiger partial charge in [-0.15, -0.1) is 11.3 Å². The quantitative estimate of drug-likeness (QED) is 0.803. The van der Waals surface area contributed by atoms with E-state index in [0.29, 0.717) is 13.0 Å². The fourth-order valence-electron chi connectivity index (χ4n) is 3.02. The van der Waals surface area contributed by atoms with Gasteiger partial charge in [-0.1, -0.05) is 12.5 Å². The molecule has 0 atom stereocenters. The molecule has 0 bridgehead atoms. The molecule has 0 saturated heterocycles. The van der Waals surface area contributed by atoms with Gasteiger partial charge in [0.1, 0.15) is 0 Å². The van der Waals surface area contributed by atoms with Crippen LogP contribution in [0, 0.1) is 0 Å². The standard InChI is InChI=1S/C17H23N3OS/c21-17(10-4-6-13-7-5-11-22-13)18-12-16-14-8-2-1-3-9-15(14)19-20-16/h5,7,11H,1-4,6,8-10,12H2,(H,18,21)(H,19,20). The van der Waals surface area contributed by atoms with Crippen molar-refractivity contribution in [1.29, 1.82) is 0 Å². The summed E-state index contributed by atoms with van der Waals surface area (Å²) in [5, 5.41) is 12.6. The number of H-pyrrole nitrogens is 1. The second kappa shape index (κ2) is 7.58. The summed E-state index contributed by atoms with van der Waals surface area (Å²) in [5.74, 6) is 0.127. The van der Waals surface area contributed by atoms with Gasteiger partial charge in [0.2, 0.25) is 5.91 Å². The summed E-state index contributed by atoms with van der Waals surface area (Å²) in [7, 11) is 0. The predicted octanol–water partition coefficient (Wildman–Crippen LogP) is 3.38. The third-order valence-electron chi connectivity index (χ3n) is 4.25. The van der Waals surface area contributed by atoms with Crippen LogP contribution >= 0.6 is 11.3 Å². The van der Waals surface area contributed by atoms with Gasteiger partial charge in [0, 0.05) is 17.0 Å². The Morgan fingerprint density at radius 3 is 3.09 bits per heavy atom. The highest BCUT2D eigenvalue weighted by molar-refractivity contribution is 7.09. The number of nitrogens with zero attached hydrogens (tertiary/aromatic N) is 1. The summed E-state index contributed by atoms with van der Waals surface area (Å²) in [6.07, 6.45) is 8.43. The van der Waals surface area contributed by atoms with E-state index in [4.69, 9.17) is 0 Å². The van der Waals surface area contributed by atoms with Gasteiger partial charge in [0.25, 0.3) is 0 Å². The zero-order chi connectivity index (χ0) is 15.2. The molecule has 0 saturated carbocycles. The van der Waals surface area contributed by atoms with E-state index >= 15 is 0 Å². The maximum absolute atomic E-state index is 12.0. The number of hydrogen-bond acceptors (Lipinski definition) is 3. The lowest BCUT2D eigenvalue weighted by atomic mass is 10.1. The van der Waals surface area contributed by atoms with Crippen LogP contribution in [0.1, 0.15) is 53.9 Å². The Labute approximate surface area is 135 Å². The number of aromatic amines is 1. The summed E-state index contributed by atoms with van der Waals surface area (Å²) in [6.45, 7) is 0.559. The van der Waals surface area contributed by atoms with Crippen LogP contribution in [0.2, 0.25) is 0 Å². The number of amides is 1. The molecule has 4 nitrogen and oxygen atoms in total. The van der Waals surface area contributed by atoms with Crippen LogP contribution in [-0.4, -0.2) is 16.1 Å². The van der Waals surface area contributed by atoms with Crippen molar-refractivity contribution in [2.24, 2.45) is 0 Å². The summed E-state index contributed by atoms with van der Waals surface area (Å²) in [6, 6.07) is 4.19. The number of aromatic nitrogens is 2. The molecule has 1 amide bonds. The first-order valence-electron chi connectivity index (χ1n) is 8.17. The van der Waals surface area contributed by atoms with E-state index in [1.54, 1.807) is 11.3 Å². The lowest BCUT2D eigenvalue weighted by Gasteiger charge is -2.05. The molecule has 2 aromatic rings. The molecule has 0 aromatic carbocycles. The van der Waals surface area contributed by atoms with Gasteiger partial charge in [-0.25, -0.2) is 0 Å². The lowest BCUT2D eigenvalue weighted by molar-refractivity contribution is -0.121. The molecule has 1 aliphatic carbocycles. The number of rotatable bonds is 6. The second-order valence-electron chi connectivity index (χ2n) is 5.90. The van der Waals surface area contributed by atoms with Crippen molar-refractivity contribution >= 4 is 17.2 Å². The molecule has 2 heterocycles. The smallest absolute Gasteiger partial charge is 0.220 e. The average molecular weight is 317 g/mol. The number of hydrogen-bond donors (Lipinski definition) is 2. The van der Waals surface area contributed by atoms with Gasteiger partial charge in [-0.2, -0.15) is 5.10 Å². The third kappa shape index (κ3) is 3.97. The van der Waals surface area contributed by atoms with E-state index < -0.39 is 0 Å². The van der Waals surface area contributed by atoms with Crippen LogP contribution in [0.25, 0.3) is 0 Å². The normalized spacial score (nSPS) is 14.4. The van der Waals surface area contributed by atoms with E-state index in [0.717, 1.165) is 31.4 Å². The maximum atomic E-state index is 12.0. The van der Waals surface area contributed by atoms with E-state index in [2.05, 4.69) is 33.0 Å². The highest BCUT2D eigenvalue weighted by Gasteiger charge is 2.15. The van der Waals surface area contributed by atoms with Gasteiger partial charge in [-0.3, -0.25) is 9.89 Å². The van der Waals surface area contributed by atoms with Gasteiger partial charge in [0.15, 0.2) is 0 Å². The maximum Gasteiger partial charge on any atom is 0.220 e. The topological polar surface area (TPSA) is 57.8 Å². The molecule has 0 radical (unpaired) electrons. The molecule has 118 valence electrons. The molecular formula is C17H23N3OS. The number of thiophene rings is 1. The highest BCUT2D eigenvalue weighted by Crippen LogP contribution is 2.21. The number of carbonyl (C=O) groups is 1. The zero-order valence-corrected chi connectivity index (χ0v) is 13.7. The molecule has 0 fully saturated rings. The number of aryl methyl sites for hydroxylation is 2. The summed E-state index contributed by atoms with van der Waals surface area (Å²) in [5.41, 5.74) is 3.65. The number of carbonyl (C=O) groups excluding carboxylic acids is 1. The number of nitrogens with one attached hydrogen (secondary N) is 2. The van der Waals surface area contributed by atoms with Crippen molar-refractivity contribution in [3.8, 4) is 0 Å². The van der Waals surface area contributed by atoms with Crippen molar-refractivity contribution in [2.75, 3.05) is 0 Å². The molecule has 2 N–H and O–H groups in total. The lowest BCUT2D eigenvalue weighted by Crippen LogP contribution is -2.23. The summed E-state index contributed by atoms with van der Waals surface area (Å²) in [4.78, 5) is 13.3. The molecular weight excluding hydrogens is 294 g/mol. The second-order valence-corrected chi connectivity index (χ2v) is 6.93. The predicted molar refractivity (Wildman–Crippen MR) is 89.0 cm³/mol. The van der Waals surface area contributed by atoms with Gasteiger partial charge >= 0.3 is 0 Å². The molecule has 0 spiro atoms. The summed E-state index contributed by atoms with van der Waals surface area (Å²) < 4.78 is 0. The van der Waals surface area contributed by atoms with Crippen LogP contribution in [-0.2, 0) is 30.6 Å². The van der Waals surface area contributed by atoms with E-state index in [9.17, 15) is 4.79 Å². The Bertz CT molecular complexity index is 603. The van der Waals surface area contributed by atoms with Crippen LogP contribution in [0.5, 0.6) is 0 Å². The molecule has 5 heteroatoms. The SMILES string of the molecule is O=C(CCCc1cccs1)NCc1n[nH]c2c1CCCCC2. The first-order chi connectivity index (χ1) is 10.8. The van der Waals surface area contributed by atoms with E-state index in [1.807, 2.05) is 0 Å². The molecule has 3 rings (SSSR count). The molecule has 0 unspecified atom stereocenters. The van der Waals surface area contributed by atoms with Gasteiger partial charge < -0.3 is 5.32 Å². The molecule has 0 aliphatic heterocycles. The van der Waals surface area contributed by atoms with Gasteiger partial charge in [-0.05, 0) is 55.5 Å². The average Bonchev–Trinajstić information content (AvgIpc) is 3.10. The Balaban J connectivity index is 1.44. The minimum Gasteiger partial charge on any atom is -0.350 e. The van der Waals surface area contributed by atoms with Crippen molar-refractivity contribution < 1.29 is 4.79 Å². The van der Waals surface area contributed by atoms with Crippen molar-refractivity contribution in [3.05, 3.63) is 39.3 Å². The van der Waals surface area contributed by atoms with Crippen LogP contribution in [0.3, 0.4) is 0 Å². The Morgan fingerprint density at radius 2 is 2.23 bits per heavy atom. The fraction of sp³-hybridized carbons (Fsp3) is 0.529.